The number of carbonyl (C=O) groups is 2. The molecule has 0 atom stereocenters. The number of hydrogen-bond acceptors (Lipinski definition) is 5. The highest BCUT2D eigenvalue weighted by Gasteiger charge is 2.12. The first-order chi connectivity index (χ1) is 11.6. The SMILES string of the molecule is C#CCOC(=O)c1ccc(O)c(NC(=O)COc2ccccc2)c1. The van der Waals surface area contributed by atoms with E-state index in [1.54, 1.807) is 24.3 Å². The molecule has 2 N–H and O–H groups in total. The van der Waals surface area contributed by atoms with Gasteiger partial charge in [0.2, 0.25) is 0 Å². The van der Waals surface area contributed by atoms with Crippen LogP contribution in [0.2, 0.25) is 0 Å². The average molecular weight is 325 g/mol. The summed E-state index contributed by atoms with van der Waals surface area (Å²) in [6.45, 7) is -0.401. The van der Waals surface area contributed by atoms with Crippen molar-refractivity contribution < 1.29 is 24.2 Å². The lowest BCUT2D eigenvalue weighted by Gasteiger charge is -2.10. The van der Waals surface area contributed by atoms with Crippen LogP contribution in [0.5, 0.6) is 11.5 Å². The Morgan fingerprint density at radius 1 is 1.17 bits per heavy atom. The molecule has 122 valence electrons. The molecule has 0 unspecified atom stereocenters. The topological polar surface area (TPSA) is 84.9 Å². The molecule has 2 rings (SSSR count). The lowest BCUT2D eigenvalue weighted by Crippen LogP contribution is -2.20. The van der Waals surface area contributed by atoms with E-state index < -0.39 is 11.9 Å². The van der Waals surface area contributed by atoms with Crippen molar-refractivity contribution in [2.75, 3.05) is 18.5 Å². The Labute approximate surface area is 139 Å². The number of aromatic hydroxyl groups is 1. The van der Waals surface area contributed by atoms with Crippen LogP contribution in [0.1, 0.15) is 10.4 Å². The second kappa shape index (κ2) is 8.25. The summed E-state index contributed by atoms with van der Waals surface area (Å²) >= 11 is 0. The van der Waals surface area contributed by atoms with Gasteiger partial charge in [-0.1, -0.05) is 24.1 Å². The maximum absolute atomic E-state index is 11.9. The van der Waals surface area contributed by atoms with Crippen LogP contribution in [0.25, 0.3) is 0 Å². The minimum absolute atomic E-state index is 0.0758. The molecule has 0 spiro atoms. The highest BCUT2D eigenvalue weighted by Crippen LogP contribution is 2.24. The number of terminal acetylenes is 1. The quantitative estimate of drug-likeness (QED) is 0.483. The van der Waals surface area contributed by atoms with Crippen LogP contribution >= 0.6 is 0 Å². The molecule has 0 aliphatic carbocycles. The predicted octanol–water partition coefficient (Wildman–Crippen LogP) is 2.20. The maximum atomic E-state index is 11.9. The summed E-state index contributed by atoms with van der Waals surface area (Å²) in [6.07, 6.45) is 5.02. The van der Waals surface area contributed by atoms with Gasteiger partial charge in [-0.2, -0.15) is 0 Å². The van der Waals surface area contributed by atoms with E-state index in [0.29, 0.717) is 5.75 Å². The Hall–Kier alpha value is -3.46. The van der Waals surface area contributed by atoms with Crippen molar-refractivity contribution >= 4 is 17.6 Å². The van der Waals surface area contributed by atoms with E-state index in [1.165, 1.54) is 18.2 Å². The molecule has 0 aliphatic heterocycles. The number of rotatable bonds is 6. The molecule has 2 aromatic carbocycles. The predicted molar refractivity (Wildman–Crippen MR) is 87.8 cm³/mol. The number of phenols is 1. The number of esters is 1. The van der Waals surface area contributed by atoms with Crippen molar-refractivity contribution in [1.29, 1.82) is 0 Å². The number of nitrogens with one attached hydrogen (secondary N) is 1. The zero-order valence-electron chi connectivity index (χ0n) is 12.7. The third-order valence-corrected chi connectivity index (χ3v) is 2.91. The Morgan fingerprint density at radius 2 is 1.92 bits per heavy atom. The zero-order chi connectivity index (χ0) is 17.4. The van der Waals surface area contributed by atoms with Gasteiger partial charge < -0.3 is 19.9 Å². The van der Waals surface area contributed by atoms with Crippen LogP contribution < -0.4 is 10.1 Å². The Kier molecular flexibility index (Phi) is 5.81. The van der Waals surface area contributed by atoms with Gasteiger partial charge in [-0.3, -0.25) is 4.79 Å². The molecule has 0 radical (unpaired) electrons. The fraction of sp³-hybridized carbons (Fsp3) is 0.111. The van der Waals surface area contributed by atoms with Crippen molar-refractivity contribution in [3.8, 4) is 23.8 Å². The molecular formula is C18H15NO5. The van der Waals surface area contributed by atoms with Crippen LogP contribution in [0.15, 0.2) is 48.5 Å². The number of benzene rings is 2. The summed E-state index contributed by atoms with van der Waals surface area (Å²) in [5.41, 5.74) is 0.231. The molecule has 0 aliphatic rings. The summed E-state index contributed by atoms with van der Waals surface area (Å²) in [6, 6.07) is 12.8. The highest BCUT2D eigenvalue weighted by molar-refractivity contribution is 5.96. The Morgan fingerprint density at radius 3 is 2.62 bits per heavy atom. The number of hydrogen-bond donors (Lipinski definition) is 2. The molecule has 0 saturated carbocycles. The standard InChI is InChI=1S/C18H15NO5/c1-2-10-23-18(22)13-8-9-16(20)15(11-13)19-17(21)12-24-14-6-4-3-5-7-14/h1,3-9,11,20H,10,12H2,(H,19,21). The molecule has 1 amide bonds. The minimum atomic E-state index is -0.649. The van der Waals surface area contributed by atoms with E-state index in [-0.39, 0.29) is 30.2 Å². The molecular weight excluding hydrogens is 310 g/mol. The summed E-state index contributed by atoms with van der Waals surface area (Å²) in [5, 5.41) is 12.3. The third-order valence-electron chi connectivity index (χ3n) is 2.91. The summed E-state index contributed by atoms with van der Waals surface area (Å²) in [7, 11) is 0. The first-order valence-electron chi connectivity index (χ1n) is 7.01. The molecule has 0 saturated heterocycles. The highest BCUT2D eigenvalue weighted by atomic mass is 16.5. The van der Waals surface area contributed by atoms with E-state index in [9.17, 15) is 14.7 Å². The van der Waals surface area contributed by atoms with Gasteiger partial charge in [0.15, 0.2) is 13.2 Å². The lowest BCUT2D eigenvalue weighted by molar-refractivity contribution is -0.118. The fourth-order valence-electron chi connectivity index (χ4n) is 1.81. The molecule has 6 nitrogen and oxygen atoms in total. The van der Waals surface area contributed by atoms with Crippen LogP contribution in [0, 0.1) is 12.3 Å². The largest absolute Gasteiger partial charge is 0.506 e. The van der Waals surface area contributed by atoms with Crippen LogP contribution in [0.3, 0.4) is 0 Å². The number of amides is 1. The third kappa shape index (κ3) is 4.78. The molecule has 0 fully saturated rings. The molecule has 6 heteroatoms. The van der Waals surface area contributed by atoms with Crippen molar-refractivity contribution in [2.45, 2.75) is 0 Å². The van der Waals surface area contributed by atoms with Crippen molar-refractivity contribution in [1.82, 2.24) is 0 Å². The fourth-order valence-corrected chi connectivity index (χ4v) is 1.81. The van der Waals surface area contributed by atoms with Gasteiger partial charge in [0.05, 0.1) is 11.3 Å². The molecule has 0 heterocycles. The van der Waals surface area contributed by atoms with E-state index in [4.69, 9.17) is 15.9 Å². The van der Waals surface area contributed by atoms with Crippen LogP contribution in [-0.4, -0.2) is 30.2 Å². The smallest absolute Gasteiger partial charge is 0.339 e. The lowest BCUT2D eigenvalue weighted by atomic mass is 10.2. The summed E-state index contributed by atoms with van der Waals surface area (Å²) < 4.78 is 10.1. The first-order valence-corrected chi connectivity index (χ1v) is 7.01. The minimum Gasteiger partial charge on any atom is -0.506 e. The van der Waals surface area contributed by atoms with E-state index >= 15 is 0 Å². The van der Waals surface area contributed by atoms with Crippen molar-refractivity contribution in [3.05, 3.63) is 54.1 Å². The summed E-state index contributed by atoms with van der Waals surface area (Å²) in [4.78, 5) is 23.6. The summed E-state index contributed by atoms with van der Waals surface area (Å²) in [5.74, 6) is 1.41. The van der Waals surface area contributed by atoms with Gasteiger partial charge in [0, 0.05) is 0 Å². The number of phenolic OH excluding ortho intramolecular Hbond substituents is 1. The maximum Gasteiger partial charge on any atom is 0.339 e. The first kappa shape index (κ1) is 16.9. The van der Waals surface area contributed by atoms with Crippen molar-refractivity contribution in [2.24, 2.45) is 0 Å². The Balaban J connectivity index is 1.99. The van der Waals surface area contributed by atoms with Crippen molar-refractivity contribution in [3.63, 3.8) is 0 Å². The van der Waals surface area contributed by atoms with Gasteiger partial charge in [0.1, 0.15) is 11.5 Å². The van der Waals surface area contributed by atoms with E-state index in [2.05, 4.69) is 11.2 Å². The number of ether oxygens (including phenoxy) is 2. The van der Waals surface area contributed by atoms with Gasteiger partial charge in [-0.25, -0.2) is 4.79 Å². The zero-order valence-corrected chi connectivity index (χ0v) is 12.7. The molecule has 0 bridgehead atoms. The van der Waals surface area contributed by atoms with Crippen LogP contribution in [-0.2, 0) is 9.53 Å². The van der Waals surface area contributed by atoms with Gasteiger partial charge in [-0.15, -0.1) is 6.42 Å². The van der Waals surface area contributed by atoms with Gasteiger partial charge >= 0.3 is 5.97 Å². The molecule has 0 aromatic heterocycles. The van der Waals surface area contributed by atoms with Crippen LogP contribution in [0.4, 0.5) is 5.69 Å². The normalized spacial score (nSPS) is 9.62. The molecule has 2 aromatic rings. The average Bonchev–Trinajstić information content (AvgIpc) is 2.60. The monoisotopic (exact) mass is 325 g/mol. The number of para-hydroxylation sites is 1. The van der Waals surface area contributed by atoms with Gasteiger partial charge in [-0.05, 0) is 30.3 Å². The van der Waals surface area contributed by atoms with E-state index in [0.717, 1.165) is 0 Å². The second-order valence-corrected chi connectivity index (χ2v) is 4.66. The number of anilines is 1. The van der Waals surface area contributed by atoms with Gasteiger partial charge in [0.25, 0.3) is 5.91 Å². The second-order valence-electron chi connectivity index (χ2n) is 4.66. The Bertz CT molecular complexity index is 765. The molecule has 24 heavy (non-hydrogen) atoms. The van der Waals surface area contributed by atoms with E-state index in [1.807, 2.05) is 6.07 Å². The number of carbonyl (C=O) groups excluding carboxylic acids is 2.